The Bertz CT molecular complexity index is 418. The van der Waals surface area contributed by atoms with Crippen LogP contribution in [-0.4, -0.2) is 65.7 Å². The van der Waals surface area contributed by atoms with Gasteiger partial charge in [0.2, 0.25) is 5.91 Å². The van der Waals surface area contributed by atoms with Crippen LogP contribution in [0, 0.1) is 11.8 Å². The molecule has 118 valence electrons. The van der Waals surface area contributed by atoms with Crippen LogP contribution < -0.4 is 0 Å². The maximum Gasteiger partial charge on any atom is 0.409 e. The lowest BCUT2D eigenvalue weighted by molar-refractivity contribution is -0.149. The largest absolute Gasteiger partial charge is 0.481 e. The highest BCUT2D eigenvalue weighted by Gasteiger charge is 2.40. The Morgan fingerprint density at radius 2 is 1.62 bits per heavy atom. The zero-order valence-electron chi connectivity index (χ0n) is 12.3. The van der Waals surface area contributed by atoms with Crippen LogP contribution >= 0.6 is 0 Å². The molecule has 1 heterocycles. The number of carboxylic acids is 1. The van der Waals surface area contributed by atoms with E-state index < -0.39 is 17.8 Å². The standard InChI is InChI=1S/C14H22N2O5/c1-2-21-14(20)16-8-6-15(7-9-16)12(17)10-4-3-5-11(10)13(18)19/h10-11H,2-9H2,1H3,(H,18,19). The highest BCUT2D eigenvalue weighted by Crippen LogP contribution is 2.33. The van der Waals surface area contributed by atoms with Crippen molar-refractivity contribution in [3.8, 4) is 0 Å². The Hall–Kier alpha value is -1.79. The molecule has 2 aliphatic rings. The second-order valence-corrected chi connectivity index (χ2v) is 5.49. The van der Waals surface area contributed by atoms with Crippen molar-refractivity contribution >= 4 is 18.0 Å². The molecule has 2 unspecified atom stereocenters. The molecule has 0 bridgehead atoms. The van der Waals surface area contributed by atoms with Gasteiger partial charge in [-0.05, 0) is 19.8 Å². The topological polar surface area (TPSA) is 87.2 Å². The molecule has 0 radical (unpaired) electrons. The molecule has 0 aromatic heterocycles. The van der Waals surface area contributed by atoms with Gasteiger partial charge in [0.25, 0.3) is 0 Å². The van der Waals surface area contributed by atoms with Crippen LogP contribution in [0.3, 0.4) is 0 Å². The molecule has 21 heavy (non-hydrogen) atoms. The number of rotatable bonds is 3. The van der Waals surface area contributed by atoms with Gasteiger partial charge in [-0.2, -0.15) is 0 Å². The first-order valence-corrected chi connectivity index (χ1v) is 7.48. The molecule has 1 aliphatic heterocycles. The van der Waals surface area contributed by atoms with Gasteiger partial charge in [-0.15, -0.1) is 0 Å². The van der Waals surface area contributed by atoms with E-state index in [0.717, 1.165) is 6.42 Å². The summed E-state index contributed by atoms with van der Waals surface area (Å²) in [7, 11) is 0. The predicted octanol–water partition coefficient (Wildman–Crippen LogP) is 0.788. The number of piperazine rings is 1. The van der Waals surface area contributed by atoms with Crippen molar-refractivity contribution in [3.63, 3.8) is 0 Å². The Balaban J connectivity index is 1.88. The Labute approximate surface area is 123 Å². The number of carbonyl (C=O) groups excluding carboxylic acids is 2. The fourth-order valence-corrected chi connectivity index (χ4v) is 3.11. The van der Waals surface area contributed by atoms with Crippen molar-refractivity contribution in [2.45, 2.75) is 26.2 Å². The van der Waals surface area contributed by atoms with Crippen LogP contribution in [0.25, 0.3) is 0 Å². The Morgan fingerprint density at radius 1 is 1.05 bits per heavy atom. The molecule has 2 atom stereocenters. The Kier molecular flexibility index (Phi) is 5.03. The molecular formula is C14H22N2O5. The lowest BCUT2D eigenvalue weighted by Crippen LogP contribution is -2.52. The average Bonchev–Trinajstić information content (AvgIpc) is 2.96. The molecule has 0 aromatic carbocycles. The van der Waals surface area contributed by atoms with E-state index >= 15 is 0 Å². The van der Waals surface area contributed by atoms with Gasteiger partial charge in [-0.1, -0.05) is 6.42 Å². The predicted molar refractivity (Wildman–Crippen MR) is 73.6 cm³/mol. The van der Waals surface area contributed by atoms with Crippen molar-refractivity contribution in [2.75, 3.05) is 32.8 Å². The summed E-state index contributed by atoms with van der Waals surface area (Å²) in [5, 5.41) is 9.16. The maximum atomic E-state index is 12.4. The summed E-state index contributed by atoms with van der Waals surface area (Å²) < 4.78 is 4.93. The molecule has 0 spiro atoms. The van der Waals surface area contributed by atoms with Crippen molar-refractivity contribution < 1.29 is 24.2 Å². The first-order chi connectivity index (χ1) is 10.0. The normalized spacial score (nSPS) is 25.8. The summed E-state index contributed by atoms with van der Waals surface area (Å²) in [6, 6.07) is 0. The molecule has 1 aliphatic carbocycles. The van der Waals surface area contributed by atoms with E-state index in [2.05, 4.69) is 0 Å². The van der Waals surface area contributed by atoms with Gasteiger partial charge in [0.05, 0.1) is 18.4 Å². The molecule has 1 N–H and O–H groups in total. The van der Waals surface area contributed by atoms with Gasteiger partial charge in [0, 0.05) is 26.2 Å². The first-order valence-electron chi connectivity index (χ1n) is 7.48. The lowest BCUT2D eigenvalue weighted by Gasteiger charge is -2.35. The molecule has 1 saturated heterocycles. The van der Waals surface area contributed by atoms with E-state index in [1.165, 1.54) is 0 Å². The third kappa shape index (κ3) is 3.46. The summed E-state index contributed by atoms with van der Waals surface area (Å²) in [5.41, 5.74) is 0. The quantitative estimate of drug-likeness (QED) is 0.832. The minimum atomic E-state index is -0.879. The monoisotopic (exact) mass is 298 g/mol. The summed E-state index contributed by atoms with van der Waals surface area (Å²) in [6.45, 7) is 3.86. The minimum Gasteiger partial charge on any atom is -0.481 e. The van der Waals surface area contributed by atoms with Crippen LogP contribution in [-0.2, 0) is 14.3 Å². The summed E-state index contributed by atoms with van der Waals surface area (Å²) >= 11 is 0. The maximum absolute atomic E-state index is 12.4. The number of amides is 2. The second-order valence-electron chi connectivity index (χ2n) is 5.49. The fourth-order valence-electron chi connectivity index (χ4n) is 3.11. The van der Waals surface area contributed by atoms with Crippen LogP contribution in [0.15, 0.2) is 0 Å². The molecular weight excluding hydrogens is 276 g/mol. The first kappa shape index (κ1) is 15.6. The number of carbonyl (C=O) groups is 3. The van der Waals surface area contributed by atoms with E-state index in [-0.39, 0.29) is 12.0 Å². The summed E-state index contributed by atoms with van der Waals surface area (Å²) in [6.07, 6.45) is 1.66. The number of aliphatic carboxylic acids is 1. The minimum absolute atomic E-state index is 0.0802. The van der Waals surface area contributed by atoms with Gasteiger partial charge in [0.1, 0.15) is 0 Å². The number of carboxylic acid groups (broad SMARTS) is 1. The Morgan fingerprint density at radius 3 is 2.19 bits per heavy atom. The van der Waals surface area contributed by atoms with E-state index in [1.807, 2.05) is 0 Å². The number of hydrogen-bond donors (Lipinski definition) is 1. The number of nitrogens with zero attached hydrogens (tertiary/aromatic N) is 2. The lowest BCUT2D eigenvalue weighted by atomic mass is 9.94. The molecule has 2 amide bonds. The van der Waals surface area contributed by atoms with E-state index in [1.54, 1.807) is 16.7 Å². The summed E-state index contributed by atoms with van der Waals surface area (Å²) in [4.78, 5) is 38.5. The molecule has 1 saturated carbocycles. The zero-order valence-corrected chi connectivity index (χ0v) is 12.3. The highest BCUT2D eigenvalue weighted by molar-refractivity contribution is 5.85. The van der Waals surface area contributed by atoms with E-state index in [4.69, 9.17) is 9.84 Å². The third-order valence-corrected chi connectivity index (χ3v) is 4.27. The smallest absolute Gasteiger partial charge is 0.409 e. The molecule has 0 aromatic rings. The van der Waals surface area contributed by atoms with Crippen molar-refractivity contribution in [3.05, 3.63) is 0 Å². The van der Waals surface area contributed by atoms with Gasteiger partial charge in [0.15, 0.2) is 0 Å². The SMILES string of the molecule is CCOC(=O)N1CCN(C(=O)C2CCCC2C(=O)O)CC1. The highest BCUT2D eigenvalue weighted by atomic mass is 16.6. The van der Waals surface area contributed by atoms with Crippen molar-refractivity contribution in [2.24, 2.45) is 11.8 Å². The second kappa shape index (κ2) is 6.78. The fraction of sp³-hybridized carbons (Fsp3) is 0.786. The van der Waals surface area contributed by atoms with Crippen LogP contribution in [0.1, 0.15) is 26.2 Å². The summed E-state index contributed by atoms with van der Waals surface area (Å²) in [5.74, 6) is -1.92. The zero-order chi connectivity index (χ0) is 15.4. The number of ether oxygens (including phenoxy) is 1. The van der Waals surface area contributed by atoms with Gasteiger partial charge >= 0.3 is 12.1 Å². The van der Waals surface area contributed by atoms with Crippen LogP contribution in [0.2, 0.25) is 0 Å². The molecule has 7 nitrogen and oxygen atoms in total. The van der Waals surface area contributed by atoms with Crippen LogP contribution in [0.4, 0.5) is 4.79 Å². The molecule has 2 rings (SSSR count). The van der Waals surface area contributed by atoms with Gasteiger partial charge in [-0.3, -0.25) is 9.59 Å². The van der Waals surface area contributed by atoms with Gasteiger partial charge in [-0.25, -0.2) is 4.79 Å². The van der Waals surface area contributed by atoms with E-state index in [9.17, 15) is 14.4 Å². The third-order valence-electron chi connectivity index (χ3n) is 4.27. The number of hydrogen-bond acceptors (Lipinski definition) is 4. The van der Waals surface area contributed by atoms with Gasteiger partial charge < -0.3 is 19.6 Å². The van der Waals surface area contributed by atoms with Crippen LogP contribution in [0.5, 0.6) is 0 Å². The average molecular weight is 298 g/mol. The van der Waals surface area contributed by atoms with Crippen molar-refractivity contribution in [1.82, 2.24) is 9.80 Å². The van der Waals surface area contributed by atoms with E-state index in [0.29, 0.717) is 45.6 Å². The van der Waals surface area contributed by atoms with Crippen molar-refractivity contribution in [1.29, 1.82) is 0 Å². The molecule has 2 fully saturated rings. The molecule has 7 heteroatoms.